The van der Waals surface area contributed by atoms with Gasteiger partial charge >= 0.3 is 23.9 Å². The van der Waals surface area contributed by atoms with Crippen LogP contribution in [0, 0.1) is 13.8 Å². The average molecular weight is 1370 g/mol. The fourth-order valence-electron chi connectivity index (χ4n) is 10.1. The predicted octanol–water partition coefficient (Wildman–Crippen LogP) is -3.38. The lowest BCUT2D eigenvalue weighted by Crippen LogP contribution is -2.58. The molecular weight excluding hydrogens is 1290 g/mol. The molecule has 13 N–H and O–H groups in total. The summed E-state index contributed by atoms with van der Waals surface area (Å²) in [5.41, 5.74) is 3.65. The van der Waals surface area contributed by atoms with Crippen molar-refractivity contribution in [2.75, 3.05) is 128 Å². The van der Waals surface area contributed by atoms with E-state index in [1.54, 1.807) is 24.3 Å². The monoisotopic (exact) mass is 1370 g/mol. The van der Waals surface area contributed by atoms with Crippen LogP contribution in [-0.2, 0) is 87.9 Å². The van der Waals surface area contributed by atoms with Crippen LogP contribution >= 0.6 is 0 Å². The molecule has 3 atom stereocenters. The molecule has 3 aromatic rings. The smallest absolute Gasteiger partial charge is 0.323 e. The van der Waals surface area contributed by atoms with Crippen molar-refractivity contribution >= 4 is 89.5 Å². The molecule has 514 valence electrons. The maximum atomic E-state index is 13.6. The molecule has 0 bridgehead atoms. The quantitative estimate of drug-likeness (QED) is 0.0205. The molecule has 0 aliphatic carbocycles. The van der Waals surface area contributed by atoms with Crippen molar-refractivity contribution in [3.05, 3.63) is 82.0 Å². The largest absolute Gasteiger partial charge is 0.494 e. The molecule has 5 amide bonds. The first-order valence-electron chi connectivity index (χ1n) is 29.4. The number of aryl methyl sites for hydroxylation is 5. The van der Waals surface area contributed by atoms with Crippen LogP contribution < -0.4 is 41.4 Å². The Morgan fingerprint density at radius 2 is 1.13 bits per heavy atom. The van der Waals surface area contributed by atoms with Gasteiger partial charge in [-0.2, -0.15) is 21.6 Å². The number of benzene rings is 2. The van der Waals surface area contributed by atoms with E-state index in [4.69, 9.17) is 9.72 Å². The molecule has 0 radical (unpaired) electrons. The Balaban J connectivity index is 1.08. The van der Waals surface area contributed by atoms with Crippen LogP contribution in [0.3, 0.4) is 0 Å². The number of pyridine rings is 1. The van der Waals surface area contributed by atoms with Gasteiger partial charge in [-0.05, 0) is 98.5 Å². The molecule has 3 heterocycles. The molecule has 0 spiro atoms. The van der Waals surface area contributed by atoms with Gasteiger partial charge in [0.2, 0.25) is 33.7 Å². The van der Waals surface area contributed by atoms with Crippen LogP contribution in [0.25, 0.3) is 0 Å². The van der Waals surface area contributed by atoms with Gasteiger partial charge in [-0.15, -0.1) is 0 Å². The minimum Gasteiger partial charge on any atom is -0.494 e. The number of sulfonamides is 1. The zero-order chi connectivity index (χ0) is 68.6. The van der Waals surface area contributed by atoms with Gasteiger partial charge < -0.3 is 57.1 Å². The highest BCUT2D eigenvalue weighted by atomic mass is 32.2. The lowest BCUT2D eigenvalue weighted by Gasteiger charge is -2.33. The Labute approximate surface area is 537 Å². The summed E-state index contributed by atoms with van der Waals surface area (Å²) in [6, 6.07) is 7.47. The molecule has 1 aromatic heterocycles. The van der Waals surface area contributed by atoms with Gasteiger partial charge in [-0.1, -0.05) is 18.2 Å². The van der Waals surface area contributed by atoms with Crippen molar-refractivity contribution < 1.29 is 103 Å². The number of nitrogens with one attached hydrogen (secondary N) is 7. The second-order valence-electron chi connectivity index (χ2n) is 22.2. The third-order valence-corrected chi connectivity index (χ3v) is 17.9. The number of anilines is 1. The standard InChI is InChI=1S/C56H80N12O22S3/c1-36-27-42(28-37(2)51(36)93(88,89)64-43(56(80)81)29-60-53(77)40-10-7-38(8-11-40)9-13-41-14-12-39-5-3-15-58-52(39)61-41)90-26-4-6-46(69)57-16-17-59-54(78)44(34-91(82,83)84)63-55(79)45(35-92(85,86)87)62-47(70)30-65-18-20-66(31-48(71)72)22-24-68(33-50(75)76)25-23-67(21-19-65)32-49(73)74/h7-8,10-12,14,27-28,43-45,64H,3-6,9,13,15-26,29-35H2,1-2H3,(H,57,69)(H,58,61)(H,59,78)(H,60,77)(H,62,70)(H,63,79)(H,71,72)(H,73,74)(H,75,76)(H,80,81)(H,82,83,84)(H,85,86,87)/t43-,44-,45-/m0/s1. The van der Waals surface area contributed by atoms with Crippen molar-refractivity contribution in [1.29, 1.82) is 0 Å². The molecule has 0 unspecified atom stereocenters. The Morgan fingerprint density at radius 1 is 0.613 bits per heavy atom. The number of fused-ring (bicyclic) bond motifs is 1. The third kappa shape index (κ3) is 27.6. The zero-order valence-corrected chi connectivity index (χ0v) is 53.7. The van der Waals surface area contributed by atoms with E-state index in [-0.39, 0.29) is 106 Å². The van der Waals surface area contributed by atoms with Gasteiger partial charge in [0.1, 0.15) is 41.2 Å². The Bertz CT molecular complexity index is 3450. The fourth-order valence-corrected chi connectivity index (χ4v) is 13.0. The van der Waals surface area contributed by atoms with E-state index in [1.807, 2.05) is 11.4 Å². The minimum atomic E-state index is -5.11. The van der Waals surface area contributed by atoms with Gasteiger partial charge in [0.15, 0.2) is 0 Å². The van der Waals surface area contributed by atoms with Crippen molar-refractivity contribution in [3.63, 3.8) is 0 Å². The number of carbonyl (C=O) groups excluding carboxylic acids is 5. The van der Waals surface area contributed by atoms with Crippen molar-refractivity contribution in [1.82, 2.24) is 55.9 Å². The molecule has 5 rings (SSSR count). The molecule has 2 aliphatic rings. The number of carbonyl (C=O) groups is 9. The number of aromatic nitrogens is 1. The Hall–Kier alpha value is -8.01. The van der Waals surface area contributed by atoms with Crippen LogP contribution in [0.4, 0.5) is 5.82 Å². The van der Waals surface area contributed by atoms with Crippen molar-refractivity contribution in [3.8, 4) is 5.75 Å². The average Bonchev–Trinajstić information content (AvgIpc) is 0.828. The van der Waals surface area contributed by atoms with E-state index >= 15 is 0 Å². The molecule has 2 aromatic carbocycles. The highest BCUT2D eigenvalue weighted by Gasteiger charge is 2.34. The molecule has 2 aliphatic heterocycles. The second-order valence-corrected chi connectivity index (χ2v) is 26.8. The number of carboxylic acids is 4. The molecular formula is C56H80N12O22S3. The highest BCUT2D eigenvalue weighted by molar-refractivity contribution is 7.89. The number of amides is 5. The predicted molar refractivity (Wildman–Crippen MR) is 331 cm³/mol. The first-order valence-corrected chi connectivity index (χ1v) is 34.1. The number of ether oxygens (including phenoxy) is 1. The zero-order valence-electron chi connectivity index (χ0n) is 51.2. The lowest BCUT2D eigenvalue weighted by molar-refractivity contribution is -0.140. The molecule has 1 saturated heterocycles. The van der Waals surface area contributed by atoms with Gasteiger partial charge in [0.05, 0.1) is 37.7 Å². The van der Waals surface area contributed by atoms with E-state index in [1.165, 1.54) is 51.1 Å². The Kier molecular flexibility index (Phi) is 29.2. The number of nitrogens with zero attached hydrogens (tertiary/aromatic N) is 5. The number of aliphatic carboxylic acids is 4. The summed E-state index contributed by atoms with van der Waals surface area (Å²) in [5, 5.41) is 53.0. The van der Waals surface area contributed by atoms with Crippen LogP contribution in [-0.4, -0.2) is 274 Å². The molecule has 37 heteroatoms. The maximum Gasteiger partial charge on any atom is 0.323 e. The van der Waals surface area contributed by atoms with Gasteiger partial charge in [-0.25, -0.2) is 13.4 Å². The number of hydrogen-bond acceptors (Lipinski definition) is 22. The Morgan fingerprint density at radius 3 is 1.65 bits per heavy atom. The number of hydrogen-bond donors (Lipinski definition) is 13. The maximum absolute atomic E-state index is 13.6. The van der Waals surface area contributed by atoms with E-state index < -0.39 is 153 Å². The molecule has 34 nitrogen and oxygen atoms in total. The second kappa shape index (κ2) is 35.9. The fraction of sp³-hybridized carbons (Fsp3) is 0.536. The normalized spacial score (nSPS) is 15.9. The van der Waals surface area contributed by atoms with Crippen LogP contribution in [0.2, 0.25) is 0 Å². The third-order valence-electron chi connectivity index (χ3n) is 14.6. The lowest BCUT2D eigenvalue weighted by atomic mass is 10.0. The van der Waals surface area contributed by atoms with E-state index in [0.29, 0.717) is 12.8 Å². The summed E-state index contributed by atoms with van der Waals surface area (Å²) < 4.78 is 103. The van der Waals surface area contributed by atoms with Gasteiger partial charge in [0.25, 0.3) is 26.1 Å². The summed E-state index contributed by atoms with van der Waals surface area (Å²) in [6.07, 6.45) is 3.33. The van der Waals surface area contributed by atoms with Crippen LogP contribution in [0.15, 0.2) is 53.4 Å². The number of carboxylic acid groups (broad SMARTS) is 4. The number of rotatable bonds is 34. The van der Waals surface area contributed by atoms with Crippen LogP contribution in [0.1, 0.15) is 57.6 Å². The van der Waals surface area contributed by atoms with E-state index in [2.05, 4.69) is 37.4 Å². The summed E-state index contributed by atoms with van der Waals surface area (Å²) in [4.78, 5) is 123. The van der Waals surface area contributed by atoms with Crippen molar-refractivity contribution in [2.45, 2.75) is 75.4 Å². The van der Waals surface area contributed by atoms with Crippen molar-refractivity contribution in [2.24, 2.45) is 0 Å². The minimum absolute atomic E-state index is 0.0325. The SMILES string of the molecule is Cc1cc(OCCCC(=O)NCCNC(=O)[C@H](CS(=O)(=O)O)NC(=O)[C@H](CS(=O)(=O)O)NC(=O)CN2CCN(CC(=O)O)CCN(CC(=O)O)CCN(CC(=O)O)CC2)cc(C)c1S(=O)(=O)N[C@@H](CNC(=O)c1ccc(CCc2ccc3c(n2)NCCC3)cc1)C(=O)O. The summed E-state index contributed by atoms with van der Waals surface area (Å²) >= 11 is 0. The first kappa shape index (κ1) is 75.7. The highest BCUT2D eigenvalue weighted by Crippen LogP contribution is 2.27. The molecule has 0 saturated carbocycles. The summed E-state index contributed by atoms with van der Waals surface area (Å²) in [6.45, 7) is 0.425. The summed E-state index contributed by atoms with van der Waals surface area (Å²) in [7, 11) is -14.7. The molecule has 93 heavy (non-hydrogen) atoms. The topological polar surface area (TPSA) is 497 Å². The van der Waals surface area contributed by atoms with E-state index in [9.17, 15) is 97.9 Å². The van der Waals surface area contributed by atoms with Crippen LogP contribution in [0.5, 0.6) is 5.75 Å². The van der Waals surface area contributed by atoms with E-state index in [0.717, 1.165) is 36.5 Å². The summed E-state index contributed by atoms with van der Waals surface area (Å²) in [5.74, 6) is -12.1. The molecule has 1 fully saturated rings. The first-order chi connectivity index (χ1) is 43.7. The van der Waals surface area contributed by atoms with Gasteiger partial charge in [0, 0.05) is 96.2 Å². The van der Waals surface area contributed by atoms with Gasteiger partial charge in [-0.3, -0.25) is 71.9 Å².